The first-order chi connectivity index (χ1) is 6.10. The van der Waals surface area contributed by atoms with Crippen molar-refractivity contribution in [3.8, 4) is 0 Å². The highest BCUT2D eigenvalue weighted by Crippen LogP contribution is 2.33. The summed E-state index contributed by atoms with van der Waals surface area (Å²) in [4.78, 5) is -6.73. The Morgan fingerprint density at radius 3 is 1.50 bits per heavy atom. The minimum Gasteiger partial charge on any atom is -0.191 e. The van der Waals surface area contributed by atoms with Gasteiger partial charge in [-0.25, -0.2) is 0 Å². The van der Waals surface area contributed by atoms with E-state index < -0.39 is 31.1 Å². The van der Waals surface area contributed by atoms with Crippen molar-refractivity contribution in [1.82, 2.24) is 0 Å². The normalized spacial score (nSPS) is 13.0. The quantitative estimate of drug-likeness (QED) is 0.409. The van der Waals surface area contributed by atoms with Crippen LogP contribution in [-0.2, 0) is 13.6 Å². The van der Waals surface area contributed by atoms with Gasteiger partial charge in [-0.05, 0) is 31.9 Å². The van der Waals surface area contributed by atoms with Crippen molar-refractivity contribution in [3.63, 3.8) is 0 Å². The summed E-state index contributed by atoms with van der Waals surface area (Å²) >= 11 is 3.80. The SMILES string of the molecule is O=[P+](OCC(F)(F)Br)OCC(F)(F)Br. The van der Waals surface area contributed by atoms with Gasteiger partial charge >= 0.3 is 17.9 Å². The maximum atomic E-state index is 12.0. The zero-order valence-electron chi connectivity index (χ0n) is 6.35. The molecule has 0 N–H and O–H groups in total. The van der Waals surface area contributed by atoms with Gasteiger partial charge in [0.15, 0.2) is 13.2 Å². The van der Waals surface area contributed by atoms with Crippen molar-refractivity contribution in [3.05, 3.63) is 0 Å². The molecule has 0 bridgehead atoms. The largest absolute Gasteiger partial charge is 0.697 e. The molecule has 0 unspecified atom stereocenters. The van der Waals surface area contributed by atoms with Gasteiger partial charge < -0.3 is 0 Å². The number of hydrogen-bond acceptors (Lipinski definition) is 3. The molecule has 0 aromatic carbocycles. The lowest BCUT2D eigenvalue weighted by Gasteiger charge is -2.02. The van der Waals surface area contributed by atoms with Crippen molar-refractivity contribution in [2.75, 3.05) is 13.2 Å². The molecule has 0 fully saturated rings. The number of rotatable bonds is 6. The van der Waals surface area contributed by atoms with Gasteiger partial charge in [0.05, 0.1) is 0 Å². The molecule has 3 nitrogen and oxygen atoms in total. The summed E-state index contributed by atoms with van der Waals surface area (Å²) in [6.45, 7) is -2.45. The molecule has 0 amide bonds. The molecule has 0 heterocycles. The number of halogens is 6. The van der Waals surface area contributed by atoms with Crippen LogP contribution >= 0.6 is 40.1 Å². The van der Waals surface area contributed by atoms with E-state index in [-0.39, 0.29) is 0 Å². The van der Waals surface area contributed by atoms with Crippen LogP contribution in [0.2, 0.25) is 0 Å². The molecule has 0 aromatic heterocycles. The van der Waals surface area contributed by atoms with E-state index >= 15 is 0 Å². The van der Waals surface area contributed by atoms with Gasteiger partial charge in [0.2, 0.25) is 0 Å². The Balaban J connectivity index is 3.68. The van der Waals surface area contributed by atoms with Crippen molar-refractivity contribution in [2.24, 2.45) is 0 Å². The Labute approximate surface area is 94.3 Å². The summed E-state index contributed by atoms with van der Waals surface area (Å²) in [5.41, 5.74) is 0. The molecule has 0 aliphatic rings. The molecule has 14 heavy (non-hydrogen) atoms. The fraction of sp³-hybridized carbons (Fsp3) is 1.00. The molecule has 0 aliphatic heterocycles. The van der Waals surface area contributed by atoms with Crippen LogP contribution in [0.3, 0.4) is 0 Å². The summed E-state index contributed by atoms with van der Waals surface area (Å²) in [6.07, 6.45) is 0. The summed E-state index contributed by atoms with van der Waals surface area (Å²) in [5.74, 6) is 0. The molecule has 0 radical (unpaired) electrons. The van der Waals surface area contributed by atoms with Crippen molar-refractivity contribution in [1.29, 1.82) is 0 Å². The van der Waals surface area contributed by atoms with Crippen LogP contribution in [0.1, 0.15) is 0 Å². The van der Waals surface area contributed by atoms with Crippen LogP contribution in [0.4, 0.5) is 17.6 Å². The van der Waals surface area contributed by atoms with Crippen LogP contribution in [0.15, 0.2) is 0 Å². The topological polar surface area (TPSA) is 35.5 Å². The lowest BCUT2D eigenvalue weighted by atomic mass is 10.8. The molecule has 0 spiro atoms. The standard InChI is InChI=1S/C4H4Br2F4O3P/c5-3(7,8)1-12-14(11)13-2-4(6,9)10/h1-2H2/q+1. The number of hydrogen-bond donors (Lipinski definition) is 0. The van der Waals surface area contributed by atoms with E-state index in [1.807, 2.05) is 31.9 Å². The average molecular weight is 367 g/mol. The van der Waals surface area contributed by atoms with E-state index in [1.165, 1.54) is 0 Å². The van der Waals surface area contributed by atoms with Crippen molar-refractivity contribution < 1.29 is 31.2 Å². The predicted octanol–water partition coefficient (Wildman–Crippen LogP) is 3.65. The third-order valence-corrected chi connectivity index (χ3v) is 1.80. The molecule has 0 atom stereocenters. The van der Waals surface area contributed by atoms with E-state index in [9.17, 15) is 22.1 Å². The lowest BCUT2D eigenvalue weighted by Crippen LogP contribution is -2.15. The Hall–Kier alpha value is 0.700. The van der Waals surface area contributed by atoms with Gasteiger partial charge in [0, 0.05) is 4.57 Å². The molecular weight excluding hydrogens is 363 g/mol. The lowest BCUT2D eigenvalue weighted by molar-refractivity contribution is 0.0293. The van der Waals surface area contributed by atoms with Crippen LogP contribution in [-0.4, -0.2) is 22.9 Å². The maximum Gasteiger partial charge on any atom is 0.697 e. The molecular formula is C4H4Br2F4O3P+. The Kier molecular flexibility index (Phi) is 5.98. The van der Waals surface area contributed by atoms with Gasteiger partial charge in [-0.1, -0.05) is 0 Å². The van der Waals surface area contributed by atoms with E-state index in [0.717, 1.165) is 0 Å². The zero-order valence-corrected chi connectivity index (χ0v) is 10.4. The second-order valence-electron chi connectivity index (χ2n) is 2.00. The van der Waals surface area contributed by atoms with Crippen molar-refractivity contribution >= 4 is 40.1 Å². The highest BCUT2D eigenvalue weighted by atomic mass is 79.9. The Bertz CT molecular complexity index is 184. The first kappa shape index (κ1) is 14.7. The van der Waals surface area contributed by atoms with Gasteiger partial charge in [0.1, 0.15) is 0 Å². The second kappa shape index (κ2) is 5.69. The van der Waals surface area contributed by atoms with Gasteiger partial charge in [-0.15, -0.1) is 9.05 Å². The molecule has 0 aliphatic carbocycles. The van der Waals surface area contributed by atoms with Gasteiger partial charge in [0.25, 0.3) is 0 Å². The van der Waals surface area contributed by atoms with Crippen LogP contribution in [0.5, 0.6) is 0 Å². The molecule has 10 heteroatoms. The predicted molar refractivity (Wildman–Crippen MR) is 47.3 cm³/mol. The minimum atomic E-state index is -3.36. The van der Waals surface area contributed by atoms with Gasteiger partial charge in [-0.3, -0.25) is 0 Å². The monoisotopic (exact) mass is 365 g/mol. The zero-order chi connectivity index (χ0) is 11.4. The molecule has 84 valence electrons. The smallest absolute Gasteiger partial charge is 0.191 e. The second-order valence-corrected chi connectivity index (χ2v) is 5.28. The van der Waals surface area contributed by atoms with E-state index in [2.05, 4.69) is 9.05 Å². The third kappa shape index (κ3) is 10.8. The van der Waals surface area contributed by atoms with E-state index in [0.29, 0.717) is 0 Å². The third-order valence-electron chi connectivity index (χ3n) is 0.667. The number of alkyl halides is 6. The summed E-state index contributed by atoms with van der Waals surface area (Å²) in [5, 5.41) is 0. The highest BCUT2D eigenvalue weighted by Gasteiger charge is 2.36. The average Bonchev–Trinajstić information content (AvgIpc) is 1.94. The summed E-state index contributed by atoms with van der Waals surface area (Å²) < 4.78 is 66.4. The summed E-state index contributed by atoms with van der Waals surface area (Å²) in [6, 6.07) is 0. The van der Waals surface area contributed by atoms with Gasteiger partial charge in [-0.2, -0.15) is 17.6 Å². The first-order valence-corrected chi connectivity index (χ1v) is 5.65. The fourth-order valence-corrected chi connectivity index (χ4v) is 1.48. The minimum absolute atomic E-state index is 1.23. The fourth-order valence-electron chi connectivity index (χ4n) is 0.289. The molecule has 0 saturated heterocycles. The van der Waals surface area contributed by atoms with Crippen LogP contribution in [0.25, 0.3) is 0 Å². The first-order valence-electron chi connectivity index (χ1n) is 2.97. The van der Waals surface area contributed by atoms with E-state index in [4.69, 9.17) is 0 Å². The van der Waals surface area contributed by atoms with E-state index in [1.54, 1.807) is 0 Å². The van der Waals surface area contributed by atoms with Crippen LogP contribution < -0.4 is 0 Å². The maximum absolute atomic E-state index is 12.0. The molecule has 0 saturated carbocycles. The Morgan fingerprint density at radius 2 is 1.29 bits per heavy atom. The molecule has 0 aromatic rings. The highest BCUT2D eigenvalue weighted by molar-refractivity contribution is 9.10. The molecule has 0 rings (SSSR count). The summed E-state index contributed by atoms with van der Waals surface area (Å²) in [7, 11) is -2.98. The van der Waals surface area contributed by atoms with Crippen molar-refractivity contribution in [2.45, 2.75) is 9.66 Å². The Morgan fingerprint density at radius 1 is 1.00 bits per heavy atom. The van der Waals surface area contributed by atoms with Crippen LogP contribution in [0, 0.1) is 0 Å².